The lowest BCUT2D eigenvalue weighted by Crippen LogP contribution is -2.52. The highest BCUT2D eigenvalue weighted by Gasteiger charge is 2.39. The highest BCUT2D eigenvalue weighted by Crippen LogP contribution is 2.36. The molecule has 12 aromatic carbocycles. The third-order valence-electron chi connectivity index (χ3n) is 20.3. The quantitative estimate of drug-likeness (QED) is 0.0244. The number of hydrogen-bond donors (Lipinski definition) is 8. The first kappa shape index (κ1) is 97.2. The van der Waals surface area contributed by atoms with E-state index in [1.54, 1.807) is 78.9 Å². The Kier molecular flexibility index (Phi) is 33.6. The van der Waals surface area contributed by atoms with Gasteiger partial charge in [-0.25, -0.2) is 28.0 Å². The predicted molar refractivity (Wildman–Crippen MR) is 486 cm³/mol. The van der Waals surface area contributed by atoms with E-state index in [-0.39, 0.29) is 108 Å². The number of rotatable bonds is 12. The summed E-state index contributed by atoms with van der Waals surface area (Å²) in [6.45, 7) is 0.133. The zero-order valence-corrected chi connectivity index (χ0v) is 72.1. The fourth-order valence-corrected chi connectivity index (χ4v) is 14.0. The Morgan fingerprint density at radius 1 is 0.392 bits per heavy atom. The average molecular weight is 1870 g/mol. The first-order valence-corrected chi connectivity index (χ1v) is 40.5. The summed E-state index contributed by atoms with van der Waals surface area (Å²) in [6.07, 6.45) is -9.57. The summed E-state index contributed by atoms with van der Waals surface area (Å²) < 4.78 is 120. The molecular weight excluding hydrogens is 1780 g/mol. The lowest BCUT2D eigenvalue weighted by molar-refractivity contribution is -0.138. The molecule has 34 heteroatoms. The molecule has 2 aliphatic heterocycles. The standard InChI is InChI=1S/C27H22F4N4O3.C14H15F4N3O2.C14H11NO2.C14H13NO2.C13H9NO2.C8H7BrO2.C6H7N.ClH/c28-17-6-7-21(27(29,30)31)20(14-17)26(38)35-11-9-34(10-12-35)24(36)15-32-25(37)16-5-8-23-19(13-16)18-3-1-2-4-22(18)33-23;15-9-1-2-11(14(16,17)18)10(7-9)13(23)21-5-3-20(4-6-21)12(22)8-19;1-17-14(16)9-6-7-13-11(8-9)10-4-2-3-5-12(10)15-13;1-17-14(16)11-7-9-13(10-8-11)15-12-5-3-2-4-6-12;15-13(16)8-5-6-12-10(7-8)9-3-1-2-4-11(9)14-12;1-11-8(10)6-2-4-7(9)5-3-6;7-6-4-2-1-3-5-6;/h1-8,13-14,33H,9-12,15H2,(H,32,37);1-2,7H,3-6,8,19H2;2-8,15H,1H3;2-10,15H,1H3;1-7,14H,(H,15,16);2-5H,1H3;1-5H,7H2;1H. The Morgan fingerprint density at radius 2 is 0.723 bits per heavy atom. The van der Waals surface area contributed by atoms with Crippen molar-refractivity contribution in [3.05, 3.63) is 339 Å². The first-order chi connectivity index (χ1) is 61.8. The number of amides is 5. The third-order valence-corrected chi connectivity index (χ3v) is 20.9. The van der Waals surface area contributed by atoms with Gasteiger partial charge >= 0.3 is 36.2 Å². The number of carbonyl (C=O) groups is 9. The van der Waals surface area contributed by atoms with Gasteiger partial charge in [0.25, 0.3) is 17.7 Å². The fraction of sp³-hybridized carbons (Fsp3) is 0.156. The average Bonchev–Trinajstić information content (AvgIpc) is 1.71. The molecule has 0 aliphatic carbocycles. The van der Waals surface area contributed by atoms with Crippen molar-refractivity contribution in [1.82, 2.24) is 39.9 Å². The van der Waals surface area contributed by atoms with Crippen LogP contribution in [0.1, 0.15) is 83.6 Å². The number of para-hydroxylation sites is 5. The van der Waals surface area contributed by atoms with Crippen LogP contribution in [0, 0.1) is 11.6 Å². The molecule has 3 aromatic heterocycles. The van der Waals surface area contributed by atoms with Crippen LogP contribution in [0.15, 0.2) is 277 Å². The van der Waals surface area contributed by atoms with Gasteiger partial charge in [-0.15, -0.1) is 12.4 Å². The number of benzene rings is 12. The number of aromatic nitrogens is 3. The lowest BCUT2D eigenvalue weighted by Gasteiger charge is -2.35. The van der Waals surface area contributed by atoms with E-state index in [0.717, 1.165) is 91.9 Å². The van der Waals surface area contributed by atoms with E-state index in [9.17, 15) is 78.3 Å². The van der Waals surface area contributed by atoms with Gasteiger partial charge < -0.3 is 76.0 Å². The smallest absolute Gasteiger partial charge is 0.417 e. The highest BCUT2D eigenvalue weighted by atomic mass is 79.9. The lowest BCUT2D eigenvalue weighted by atomic mass is 10.0. The molecule has 10 N–H and O–H groups in total. The molecule has 2 fully saturated rings. The van der Waals surface area contributed by atoms with Crippen LogP contribution in [-0.4, -0.2) is 180 Å². The van der Waals surface area contributed by atoms with Crippen LogP contribution in [0.5, 0.6) is 0 Å². The van der Waals surface area contributed by atoms with E-state index in [1.807, 2.05) is 158 Å². The van der Waals surface area contributed by atoms with E-state index in [1.165, 1.54) is 36.0 Å². The maximum Gasteiger partial charge on any atom is 0.417 e. The number of H-pyrrole nitrogens is 3. The van der Waals surface area contributed by atoms with Gasteiger partial charge in [0, 0.05) is 145 Å². The monoisotopic (exact) mass is 1870 g/mol. The summed E-state index contributed by atoms with van der Waals surface area (Å²) in [5.41, 5.74) is 17.8. The number of esters is 3. The summed E-state index contributed by atoms with van der Waals surface area (Å²) >= 11 is 3.26. The van der Waals surface area contributed by atoms with Crippen molar-refractivity contribution in [3.8, 4) is 0 Å². The minimum absolute atomic E-state index is 0. The minimum Gasteiger partial charge on any atom is -0.478 e. The van der Waals surface area contributed by atoms with Crippen molar-refractivity contribution in [2.45, 2.75) is 12.4 Å². The second-order valence-electron chi connectivity index (χ2n) is 28.7. The molecule has 0 unspecified atom stereocenters. The fourth-order valence-electron chi connectivity index (χ4n) is 13.8. The van der Waals surface area contributed by atoms with E-state index in [2.05, 4.69) is 51.0 Å². The van der Waals surface area contributed by atoms with Crippen LogP contribution < -0.4 is 22.1 Å². The van der Waals surface area contributed by atoms with E-state index >= 15 is 0 Å². The van der Waals surface area contributed by atoms with E-state index in [4.69, 9.17) is 21.3 Å². The van der Waals surface area contributed by atoms with Crippen LogP contribution in [0.2, 0.25) is 0 Å². The van der Waals surface area contributed by atoms with Crippen molar-refractivity contribution in [1.29, 1.82) is 0 Å². The van der Waals surface area contributed by atoms with Crippen LogP contribution >= 0.6 is 28.3 Å². The maximum atomic E-state index is 13.6. The highest BCUT2D eigenvalue weighted by molar-refractivity contribution is 9.10. The van der Waals surface area contributed by atoms with Gasteiger partial charge in [-0.2, -0.15) is 26.3 Å². The summed E-state index contributed by atoms with van der Waals surface area (Å²) in [4.78, 5) is 121. The second kappa shape index (κ2) is 45.0. The molecule has 0 bridgehead atoms. The summed E-state index contributed by atoms with van der Waals surface area (Å²) in [5, 5.41) is 20.8. The molecular formula is C96H85BrClF8N11O13. The molecule has 2 saturated heterocycles. The number of carbonyl (C=O) groups excluding carboxylic acids is 8. The SMILES string of the molecule is COC(=O)c1ccc(Br)cc1.COC(=O)c1ccc(Nc2ccccc2)cc1.COC(=O)c1ccc2[nH]c3ccccc3c2c1.Cl.NCC(=O)N1CCN(C(=O)c2cc(F)ccc2C(F)(F)F)CC1.Nc1ccccc1.O=C(NCC(=O)N1CCN(C(=O)c2cc(F)ccc2C(F)(F)F)CC1)c1ccc2[nH]c3ccccc3c2c1.O=C(O)c1ccc2[nH]c3ccccc3c2c1. The Morgan fingerprint density at radius 3 is 1.12 bits per heavy atom. The minimum atomic E-state index is -4.81. The number of nitrogen functional groups attached to an aromatic ring is 1. The number of aromatic carboxylic acids is 1. The van der Waals surface area contributed by atoms with Crippen LogP contribution in [-0.2, 0) is 36.2 Å². The van der Waals surface area contributed by atoms with E-state index < -0.39 is 69.9 Å². The number of carboxylic acid groups (broad SMARTS) is 1. The van der Waals surface area contributed by atoms with Crippen LogP contribution in [0.4, 0.5) is 52.2 Å². The van der Waals surface area contributed by atoms with Crippen LogP contribution in [0.3, 0.4) is 0 Å². The molecule has 0 radical (unpaired) electrons. The number of ether oxygens (including phenoxy) is 3. The normalized spacial score (nSPS) is 12.2. The third kappa shape index (κ3) is 25.5. The summed E-state index contributed by atoms with van der Waals surface area (Å²) in [6, 6.07) is 76.5. The molecule has 5 amide bonds. The van der Waals surface area contributed by atoms with Crippen LogP contribution in [0.25, 0.3) is 65.4 Å². The van der Waals surface area contributed by atoms with Gasteiger partial charge in [0.2, 0.25) is 11.8 Å². The molecule has 0 spiro atoms. The number of hydrogen-bond acceptors (Lipinski definition) is 15. The predicted octanol–water partition coefficient (Wildman–Crippen LogP) is 18.6. The van der Waals surface area contributed by atoms with E-state index in [0.29, 0.717) is 64.2 Å². The summed E-state index contributed by atoms with van der Waals surface area (Å²) in [7, 11) is 4.13. The van der Waals surface area contributed by atoms with Crippen molar-refractivity contribution in [3.63, 3.8) is 0 Å². The Bertz CT molecular complexity index is 6530. The number of fused-ring (bicyclic) bond motifs is 9. The molecule has 0 saturated carbocycles. The van der Waals surface area contributed by atoms with Crippen molar-refractivity contribution in [2.24, 2.45) is 5.73 Å². The van der Waals surface area contributed by atoms with Gasteiger partial charge in [-0.3, -0.25) is 24.0 Å². The zero-order chi connectivity index (χ0) is 92.6. The van der Waals surface area contributed by atoms with Crippen molar-refractivity contribution >= 4 is 164 Å². The second-order valence-corrected chi connectivity index (χ2v) is 29.6. The number of nitrogens with one attached hydrogen (secondary N) is 5. The number of methoxy groups -OCH3 is 3. The summed E-state index contributed by atoms with van der Waals surface area (Å²) in [5.74, 6) is -6.67. The molecule has 0 atom stereocenters. The molecule has 5 heterocycles. The topological polar surface area (TPSA) is 338 Å². The van der Waals surface area contributed by atoms with Gasteiger partial charge in [0.05, 0.1) is 78.9 Å². The van der Waals surface area contributed by atoms with Gasteiger partial charge in [-0.05, 0) is 182 Å². The van der Waals surface area contributed by atoms with Crippen molar-refractivity contribution < 1.29 is 97.6 Å². The van der Waals surface area contributed by atoms with Crippen molar-refractivity contribution in [2.75, 3.05) is 97.8 Å². The number of halogens is 10. The molecule has 130 heavy (non-hydrogen) atoms. The molecule has 17 rings (SSSR count). The largest absolute Gasteiger partial charge is 0.478 e. The number of aromatic amines is 3. The Labute approximate surface area is 752 Å². The number of nitrogens with zero attached hydrogens (tertiary/aromatic N) is 4. The number of alkyl halides is 6. The molecule has 15 aromatic rings. The molecule has 672 valence electrons. The molecule has 24 nitrogen and oxygen atoms in total. The number of anilines is 3. The maximum absolute atomic E-state index is 13.6. The Hall–Kier alpha value is -15.0. The van der Waals surface area contributed by atoms with Gasteiger partial charge in [-0.1, -0.05) is 107 Å². The number of piperazine rings is 2. The van der Waals surface area contributed by atoms with Gasteiger partial charge in [0.15, 0.2) is 0 Å². The number of nitrogens with two attached hydrogens (primary N) is 2. The molecule has 2 aliphatic rings. The first-order valence-electron chi connectivity index (χ1n) is 39.7. The van der Waals surface area contributed by atoms with Gasteiger partial charge in [0.1, 0.15) is 11.6 Å². The zero-order valence-electron chi connectivity index (χ0n) is 69.7. The Balaban J connectivity index is 0.000000166. The number of carboxylic acids is 1.